The summed E-state index contributed by atoms with van der Waals surface area (Å²) in [5, 5.41) is 0. The molecule has 0 spiro atoms. The molecule has 0 saturated heterocycles. The fraction of sp³-hybridized carbons (Fsp3) is 0.933. The third kappa shape index (κ3) is 6.21. The van der Waals surface area contributed by atoms with Crippen molar-refractivity contribution in [3.8, 4) is 0 Å². The normalized spacial score (nSPS) is 24.8. The van der Waals surface area contributed by atoms with Crippen LogP contribution in [0.15, 0.2) is 0 Å². The Morgan fingerprint density at radius 2 is 2.00 bits per heavy atom. The molecule has 17 heavy (non-hydrogen) atoms. The third-order valence-electron chi connectivity index (χ3n) is 3.94. The SMILES string of the molecule is CCCCCC(=O)COCC1CCCCC1C. The Balaban J connectivity index is 2.04. The Morgan fingerprint density at radius 3 is 2.71 bits per heavy atom. The van der Waals surface area contributed by atoms with Gasteiger partial charge in [-0.15, -0.1) is 0 Å². The number of unbranched alkanes of at least 4 members (excludes halogenated alkanes) is 2. The van der Waals surface area contributed by atoms with Gasteiger partial charge < -0.3 is 4.74 Å². The molecule has 0 bridgehead atoms. The first kappa shape index (κ1) is 14.7. The van der Waals surface area contributed by atoms with Gasteiger partial charge in [0.2, 0.25) is 0 Å². The number of Topliss-reactive ketones (excluding diaryl/α,β-unsaturated/α-hetero) is 1. The standard InChI is InChI=1S/C15H28O2/c1-3-4-5-10-15(16)12-17-11-14-9-7-6-8-13(14)2/h13-14H,3-12H2,1-2H3. The summed E-state index contributed by atoms with van der Waals surface area (Å²) in [7, 11) is 0. The van der Waals surface area contributed by atoms with Crippen LogP contribution in [0.3, 0.4) is 0 Å². The lowest BCUT2D eigenvalue weighted by atomic mass is 9.81. The van der Waals surface area contributed by atoms with Crippen molar-refractivity contribution in [1.29, 1.82) is 0 Å². The van der Waals surface area contributed by atoms with Crippen LogP contribution >= 0.6 is 0 Å². The van der Waals surface area contributed by atoms with Gasteiger partial charge in [-0.25, -0.2) is 0 Å². The van der Waals surface area contributed by atoms with Gasteiger partial charge in [0, 0.05) is 6.42 Å². The van der Waals surface area contributed by atoms with E-state index in [1.807, 2.05) is 0 Å². The number of carbonyl (C=O) groups excluding carboxylic acids is 1. The van der Waals surface area contributed by atoms with Gasteiger partial charge >= 0.3 is 0 Å². The molecule has 1 rings (SSSR count). The van der Waals surface area contributed by atoms with E-state index in [2.05, 4.69) is 13.8 Å². The van der Waals surface area contributed by atoms with Crippen molar-refractivity contribution in [3.05, 3.63) is 0 Å². The number of ether oxygens (including phenoxy) is 1. The van der Waals surface area contributed by atoms with Crippen LogP contribution in [0.25, 0.3) is 0 Å². The molecule has 0 aromatic rings. The summed E-state index contributed by atoms with van der Waals surface area (Å²) in [6.45, 7) is 5.61. The molecular formula is C15H28O2. The van der Waals surface area contributed by atoms with Gasteiger partial charge in [0.25, 0.3) is 0 Å². The molecular weight excluding hydrogens is 212 g/mol. The second-order valence-corrected chi connectivity index (χ2v) is 5.53. The highest BCUT2D eigenvalue weighted by Crippen LogP contribution is 2.29. The molecule has 2 atom stereocenters. The Kier molecular flexibility index (Phi) is 7.50. The van der Waals surface area contributed by atoms with Gasteiger partial charge in [-0.2, -0.15) is 0 Å². The molecule has 0 N–H and O–H groups in total. The summed E-state index contributed by atoms with van der Waals surface area (Å²) in [5.41, 5.74) is 0. The Labute approximate surface area is 106 Å². The molecule has 1 saturated carbocycles. The van der Waals surface area contributed by atoms with E-state index in [-0.39, 0.29) is 5.78 Å². The van der Waals surface area contributed by atoms with Gasteiger partial charge in [-0.3, -0.25) is 4.79 Å². The first-order valence-corrected chi connectivity index (χ1v) is 7.33. The van der Waals surface area contributed by atoms with E-state index >= 15 is 0 Å². The minimum absolute atomic E-state index is 0.280. The van der Waals surface area contributed by atoms with Crippen LogP contribution < -0.4 is 0 Å². The quantitative estimate of drug-likeness (QED) is 0.600. The van der Waals surface area contributed by atoms with Crippen LogP contribution in [0.2, 0.25) is 0 Å². The third-order valence-corrected chi connectivity index (χ3v) is 3.94. The molecule has 0 aliphatic heterocycles. The lowest BCUT2D eigenvalue weighted by molar-refractivity contribution is -0.124. The second kappa shape index (κ2) is 8.68. The Hall–Kier alpha value is -0.370. The molecule has 0 amide bonds. The zero-order valence-corrected chi connectivity index (χ0v) is 11.5. The summed E-state index contributed by atoms with van der Waals surface area (Å²) in [4.78, 5) is 11.5. The summed E-state index contributed by atoms with van der Waals surface area (Å²) >= 11 is 0. The molecule has 0 radical (unpaired) electrons. The molecule has 1 fully saturated rings. The summed E-state index contributed by atoms with van der Waals surface area (Å²) in [6.07, 6.45) is 9.38. The molecule has 2 unspecified atom stereocenters. The zero-order chi connectivity index (χ0) is 12.5. The first-order chi connectivity index (χ1) is 8.24. The van der Waals surface area contributed by atoms with Crippen LogP contribution in [-0.2, 0) is 9.53 Å². The Bertz CT molecular complexity index is 213. The molecule has 1 aliphatic rings. The van der Waals surface area contributed by atoms with Crippen LogP contribution in [0.1, 0.15) is 65.2 Å². The molecule has 0 aromatic carbocycles. The van der Waals surface area contributed by atoms with Crippen molar-refractivity contribution in [2.45, 2.75) is 65.2 Å². The topological polar surface area (TPSA) is 26.3 Å². The lowest BCUT2D eigenvalue weighted by Gasteiger charge is -2.28. The van der Waals surface area contributed by atoms with Gasteiger partial charge in [0.15, 0.2) is 5.78 Å². The predicted octanol–water partition coefficient (Wildman–Crippen LogP) is 3.98. The highest BCUT2D eigenvalue weighted by molar-refractivity contribution is 5.79. The number of hydrogen-bond acceptors (Lipinski definition) is 2. The van der Waals surface area contributed by atoms with Gasteiger partial charge in [0.05, 0.1) is 6.61 Å². The average Bonchev–Trinajstić information content (AvgIpc) is 2.32. The Morgan fingerprint density at radius 1 is 1.24 bits per heavy atom. The van der Waals surface area contributed by atoms with Crippen molar-refractivity contribution in [2.24, 2.45) is 11.8 Å². The smallest absolute Gasteiger partial charge is 0.158 e. The molecule has 2 heteroatoms. The predicted molar refractivity (Wildman–Crippen MR) is 71.1 cm³/mol. The molecule has 0 aromatic heterocycles. The van der Waals surface area contributed by atoms with Crippen LogP contribution in [0.5, 0.6) is 0 Å². The van der Waals surface area contributed by atoms with E-state index in [9.17, 15) is 4.79 Å². The first-order valence-electron chi connectivity index (χ1n) is 7.33. The van der Waals surface area contributed by atoms with Crippen molar-refractivity contribution < 1.29 is 9.53 Å². The van der Waals surface area contributed by atoms with Crippen LogP contribution in [0.4, 0.5) is 0 Å². The van der Waals surface area contributed by atoms with Crippen molar-refractivity contribution in [1.82, 2.24) is 0 Å². The molecule has 2 nitrogen and oxygen atoms in total. The number of hydrogen-bond donors (Lipinski definition) is 0. The minimum Gasteiger partial charge on any atom is -0.373 e. The van der Waals surface area contributed by atoms with Gasteiger partial charge in [-0.1, -0.05) is 46.0 Å². The highest BCUT2D eigenvalue weighted by atomic mass is 16.5. The van der Waals surface area contributed by atoms with Gasteiger partial charge in [-0.05, 0) is 24.7 Å². The minimum atomic E-state index is 0.280. The maximum atomic E-state index is 11.5. The molecule has 1 aliphatic carbocycles. The number of ketones is 1. The number of rotatable bonds is 8. The van der Waals surface area contributed by atoms with Crippen molar-refractivity contribution in [2.75, 3.05) is 13.2 Å². The van der Waals surface area contributed by atoms with Crippen molar-refractivity contribution in [3.63, 3.8) is 0 Å². The maximum absolute atomic E-state index is 11.5. The zero-order valence-electron chi connectivity index (χ0n) is 11.5. The van der Waals surface area contributed by atoms with E-state index in [0.717, 1.165) is 25.4 Å². The molecule has 0 heterocycles. The van der Waals surface area contributed by atoms with E-state index in [4.69, 9.17) is 4.74 Å². The van der Waals surface area contributed by atoms with E-state index in [0.29, 0.717) is 18.9 Å². The van der Waals surface area contributed by atoms with Crippen LogP contribution in [-0.4, -0.2) is 19.0 Å². The second-order valence-electron chi connectivity index (χ2n) is 5.53. The monoisotopic (exact) mass is 240 g/mol. The fourth-order valence-corrected chi connectivity index (χ4v) is 2.61. The lowest BCUT2D eigenvalue weighted by Crippen LogP contribution is -2.23. The fourth-order valence-electron chi connectivity index (χ4n) is 2.61. The molecule has 100 valence electrons. The summed E-state index contributed by atoms with van der Waals surface area (Å²) in [6, 6.07) is 0. The highest BCUT2D eigenvalue weighted by Gasteiger charge is 2.21. The van der Waals surface area contributed by atoms with Crippen molar-refractivity contribution >= 4 is 5.78 Å². The number of carbonyl (C=O) groups is 1. The van der Waals surface area contributed by atoms with E-state index in [1.165, 1.54) is 32.1 Å². The summed E-state index contributed by atoms with van der Waals surface area (Å²) in [5.74, 6) is 1.74. The maximum Gasteiger partial charge on any atom is 0.158 e. The van der Waals surface area contributed by atoms with E-state index in [1.54, 1.807) is 0 Å². The van der Waals surface area contributed by atoms with Gasteiger partial charge in [0.1, 0.15) is 6.61 Å². The largest absolute Gasteiger partial charge is 0.373 e. The average molecular weight is 240 g/mol. The van der Waals surface area contributed by atoms with Crippen LogP contribution in [0, 0.1) is 11.8 Å². The summed E-state index contributed by atoms with van der Waals surface area (Å²) < 4.78 is 5.59. The van der Waals surface area contributed by atoms with E-state index < -0.39 is 0 Å².